The molecule has 0 amide bonds. The molecule has 22 heavy (non-hydrogen) atoms. The number of rotatable bonds is 5. The second-order valence-electron chi connectivity index (χ2n) is 5.23. The van der Waals surface area contributed by atoms with E-state index in [-0.39, 0.29) is 6.10 Å². The highest BCUT2D eigenvalue weighted by Crippen LogP contribution is 2.30. The zero-order valence-corrected chi connectivity index (χ0v) is 12.9. The summed E-state index contributed by atoms with van der Waals surface area (Å²) in [5, 5.41) is 12.6. The average molecular weight is 304 g/mol. The topological polar surface area (TPSA) is 71.3 Å². The molecule has 7 heteroatoms. The van der Waals surface area contributed by atoms with Gasteiger partial charge in [-0.1, -0.05) is 0 Å². The highest BCUT2D eigenvalue weighted by atomic mass is 16.5. The van der Waals surface area contributed by atoms with Crippen molar-refractivity contribution in [2.24, 2.45) is 0 Å². The molecule has 0 N–H and O–H groups in total. The first-order valence-electron chi connectivity index (χ1n) is 7.42. The molecule has 0 spiro atoms. The van der Waals surface area contributed by atoms with Crippen molar-refractivity contribution in [3.63, 3.8) is 0 Å². The van der Waals surface area contributed by atoms with Gasteiger partial charge in [0.2, 0.25) is 5.82 Å². The Kier molecular flexibility index (Phi) is 4.53. The summed E-state index contributed by atoms with van der Waals surface area (Å²) in [5.74, 6) is 1.89. The summed E-state index contributed by atoms with van der Waals surface area (Å²) < 4.78 is 16.2. The van der Waals surface area contributed by atoms with E-state index in [0.29, 0.717) is 23.9 Å². The zero-order valence-electron chi connectivity index (χ0n) is 12.9. The van der Waals surface area contributed by atoms with Crippen LogP contribution in [0.2, 0.25) is 0 Å². The molecule has 0 aliphatic carbocycles. The Bertz CT molecular complexity index is 623. The minimum absolute atomic E-state index is 0.182. The van der Waals surface area contributed by atoms with Gasteiger partial charge in [-0.05, 0) is 42.7 Å². The molecule has 0 radical (unpaired) electrons. The van der Waals surface area contributed by atoms with Crippen LogP contribution >= 0.6 is 0 Å². The van der Waals surface area contributed by atoms with Crippen LogP contribution in [0.15, 0.2) is 18.2 Å². The van der Waals surface area contributed by atoms with Gasteiger partial charge in [-0.25, -0.2) is 0 Å². The van der Waals surface area contributed by atoms with Gasteiger partial charge in [0.15, 0.2) is 11.5 Å². The Morgan fingerprint density at radius 3 is 2.82 bits per heavy atom. The van der Waals surface area contributed by atoms with Crippen molar-refractivity contribution in [2.75, 3.05) is 20.8 Å². The zero-order chi connectivity index (χ0) is 15.4. The predicted octanol–water partition coefficient (Wildman–Crippen LogP) is 1.93. The average Bonchev–Trinajstić information content (AvgIpc) is 3.03. The van der Waals surface area contributed by atoms with Gasteiger partial charge in [0.25, 0.3) is 0 Å². The molecule has 118 valence electrons. The Morgan fingerprint density at radius 2 is 2.09 bits per heavy atom. The van der Waals surface area contributed by atoms with E-state index in [1.54, 1.807) is 19.0 Å². The molecule has 2 aromatic rings. The van der Waals surface area contributed by atoms with Crippen LogP contribution in [-0.4, -0.2) is 47.1 Å². The van der Waals surface area contributed by atoms with Crippen LogP contribution in [0.1, 0.15) is 19.3 Å². The van der Waals surface area contributed by atoms with Crippen LogP contribution in [0.25, 0.3) is 11.4 Å². The van der Waals surface area contributed by atoms with Crippen LogP contribution in [0.5, 0.6) is 11.5 Å². The van der Waals surface area contributed by atoms with Crippen LogP contribution < -0.4 is 9.47 Å². The highest BCUT2D eigenvalue weighted by Gasteiger charge is 2.17. The minimum atomic E-state index is 0.182. The lowest BCUT2D eigenvalue weighted by molar-refractivity contribution is 0.00133. The fourth-order valence-electron chi connectivity index (χ4n) is 2.54. The van der Waals surface area contributed by atoms with E-state index in [1.807, 2.05) is 18.2 Å². The smallest absolute Gasteiger partial charge is 0.205 e. The van der Waals surface area contributed by atoms with E-state index < -0.39 is 0 Å². The largest absolute Gasteiger partial charge is 0.493 e. The molecule has 2 heterocycles. The predicted molar refractivity (Wildman–Crippen MR) is 79.9 cm³/mol. The molecule has 1 aliphatic heterocycles. The van der Waals surface area contributed by atoms with Gasteiger partial charge in [0.1, 0.15) is 0 Å². The summed E-state index contributed by atoms with van der Waals surface area (Å²) >= 11 is 0. The standard InChI is InChI=1S/C15H20N4O3/c1-20-13-7-6-11(9-14(13)21-2)15-16-18-19(17-15)10-12-5-3-4-8-22-12/h6-7,9,12H,3-5,8,10H2,1-2H3. The lowest BCUT2D eigenvalue weighted by atomic mass is 10.1. The fourth-order valence-corrected chi connectivity index (χ4v) is 2.54. The molecule has 7 nitrogen and oxygen atoms in total. The molecular formula is C15H20N4O3. The van der Waals surface area contributed by atoms with Crippen molar-refractivity contribution < 1.29 is 14.2 Å². The number of methoxy groups -OCH3 is 2. The third-order valence-corrected chi connectivity index (χ3v) is 3.74. The number of hydrogen-bond acceptors (Lipinski definition) is 6. The summed E-state index contributed by atoms with van der Waals surface area (Å²) in [6.45, 7) is 1.46. The monoisotopic (exact) mass is 304 g/mol. The van der Waals surface area contributed by atoms with E-state index in [9.17, 15) is 0 Å². The van der Waals surface area contributed by atoms with Crippen molar-refractivity contribution in [3.8, 4) is 22.9 Å². The summed E-state index contributed by atoms with van der Waals surface area (Å²) in [5.41, 5.74) is 0.841. The van der Waals surface area contributed by atoms with Crippen molar-refractivity contribution in [3.05, 3.63) is 18.2 Å². The lowest BCUT2D eigenvalue weighted by Gasteiger charge is -2.21. The second kappa shape index (κ2) is 6.74. The highest BCUT2D eigenvalue weighted by molar-refractivity contribution is 5.60. The molecule has 0 saturated carbocycles. The molecule has 1 unspecified atom stereocenters. The Balaban J connectivity index is 1.75. The number of aromatic nitrogens is 4. The first-order valence-corrected chi connectivity index (χ1v) is 7.42. The molecule has 1 aromatic carbocycles. The normalized spacial score (nSPS) is 18.2. The summed E-state index contributed by atoms with van der Waals surface area (Å²) in [4.78, 5) is 1.60. The third kappa shape index (κ3) is 3.19. The first-order chi connectivity index (χ1) is 10.8. The molecule has 1 aliphatic rings. The molecule has 1 fully saturated rings. The number of ether oxygens (including phenoxy) is 3. The first kappa shape index (κ1) is 14.8. The Morgan fingerprint density at radius 1 is 1.23 bits per heavy atom. The molecular weight excluding hydrogens is 284 g/mol. The minimum Gasteiger partial charge on any atom is -0.493 e. The number of nitrogens with zero attached hydrogens (tertiary/aromatic N) is 4. The van der Waals surface area contributed by atoms with E-state index in [0.717, 1.165) is 25.0 Å². The van der Waals surface area contributed by atoms with E-state index in [4.69, 9.17) is 14.2 Å². The number of tetrazole rings is 1. The summed E-state index contributed by atoms with van der Waals surface area (Å²) in [6.07, 6.45) is 3.56. The van der Waals surface area contributed by atoms with E-state index in [2.05, 4.69) is 15.4 Å². The van der Waals surface area contributed by atoms with Crippen LogP contribution in [0.4, 0.5) is 0 Å². The maximum absolute atomic E-state index is 5.70. The Hall–Kier alpha value is -2.15. The number of hydrogen-bond donors (Lipinski definition) is 0. The van der Waals surface area contributed by atoms with Crippen LogP contribution in [0.3, 0.4) is 0 Å². The number of benzene rings is 1. The van der Waals surface area contributed by atoms with Gasteiger partial charge < -0.3 is 14.2 Å². The molecule has 1 atom stereocenters. The van der Waals surface area contributed by atoms with E-state index >= 15 is 0 Å². The molecule has 1 saturated heterocycles. The summed E-state index contributed by atoms with van der Waals surface area (Å²) in [6, 6.07) is 5.57. The van der Waals surface area contributed by atoms with Crippen molar-refractivity contribution in [1.29, 1.82) is 0 Å². The fraction of sp³-hybridized carbons (Fsp3) is 0.533. The Labute approximate surface area is 129 Å². The third-order valence-electron chi connectivity index (χ3n) is 3.74. The van der Waals surface area contributed by atoms with E-state index in [1.165, 1.54) is 6.42 Å². The quantitative estimate of drug-likeness (QED) is 0.840. The maximum atomic E-state index is 5.70. The maximum Gasteiger partial charge on any atom is 0.205 e. The van der Waals surface area contributed by atoms with Gasteiger partial charge in [-0.3, -0.25) is 0 Å². The van der Waals surface area contributed by atoms with Gasteiger partial charge in [-0.2, -0.15) is 4.80 Å². The molecule has 0 bridgehead atoms. The van der Waals surface area contributed by atoms with Crippen molar-refractivity contribution in [1.82, 2.24) is 20.2 Å². The van der Waals surface area contributed by atoms with Gasteiger partial charge >= 0.3 is 0 Å². The van der Waals surface area contributed by atoms with Gasteiger partial charge in [0, 0.05) is 12.2 Å². The van der Waals surface area contributed by atoms with Crippen molar-refractivity contribution >= 4 is 0 Å². The SMILES string of the molecule is COc1ccc(-c2nnn(CC3CCCCO3)n2)cc1OC. The van der Waals surface area contributed by atoms with Crippen molar-refractivity contribution in [2.45, 2.75) is 31.9 Å². The lowest BCUT2D eigenvalue weighted by Crippen LogP contribution is -2.25. The summed E-state index contributed by atoms with van der Waals surface area (Å²) in [7, 11) is 3.21. The van der Waals surface area contributed by atoms with Gasteiger partial charge in [0.05, 0.1) is 26.9 Å². The van der Waals surface area contributed by atoms with Crippen LogP contribution in [0, 0.1) is 0 Å². The molecule has 3 rings (SSSR count). The second-order valence-corrected chi connectivity index (χ2v) is 5.23. The van der Waals surface area contributed by atoms with Gasteiger partial charge in [-0.15, -0.1) is 10.2 Å². The van der Waals surface area contributed by atoms with Crippen LogP contribution in [-0.2, 0) is 11.3 Å². The molecule has 1 aromatic heterocycles.